The lowest BCUT2D eigenvalue weighted by molar-refractivity contribution is -0.131. The predicted molar refractivity (Wildman–Crippen MR) is 177 cm³/mol. The van der Waals surface area contributed by atoms with E-state index in [0.29, 0.717) is 51.6 Å². The number of nitriles is 1. The predicted octanol–water partition coefficient (Wildman–Crippen LogP) is 7.74. The second kappa shape index (κ2) is 15.8. The molecule has 2 N–H and O–H groups in total. The molecule has 7 nitrogen and oxygen atoms in total. The van der Waals surface area contributed by atoms with Crippen LogP contribution in [0.3, 0.4) is 0 Å². The molecule has 3 aromatic carbocycles. The molecule has 0 saturated carbocycles. The molecule has 228 valence electrons. The van der Waals surface area contributed by atoms with Crippen LogP contribution >= 0.6 is 35.4 Å². The zero-order valence-electron chi connectivity index (χ0n) is 24.4. The number of hydrazine groups is 1. The molecule has 1 amide bonds. The monoisotopic (exact) mass is 650 g/mol. The Labute approximate surface area is 272 Å². The Morgan fingerprint density at radius 1 is 1.16 bits per heavy atom. The fraction of sp³-hybridized carbons (Fsp3) is 0.273. The number of hydrogen-bond acceptors (Lipinski definition) is 5. The Morgan fingerprint density at radius 2 is 1.91 bits per heavy atom. The third-order valence-corrected chi connectivity index (χ3v) is 8.54. The standard InChI is InChI=1S/C33H33Cl2FN6OS/c1-3-22(2)14-15-39-42(33(44)40-27-8-5-7-26(36)17-27)32(43)28(16-25-6-4-9-29(34)31(25)35)30-19-38-21-41(30)20-24-12-10-23(18-37)11-13-24/h4-13,17,19,21-22,28,39H,3,14-16,20H2,1-2H3,(H,40,44)/t22-,28?/m0/s1. The molecule has 1 heterocycles. The van der Waals surface area contributed by atoms with E-state index in [1.807, 2.05) is 22.8 Å². The first-order valence-electron chi connectivity index (χ1n) is 14.3. The molecular weight excluding hydrogens is 618 g/mol. The van der Waals surface area contributed by atoms with Crippen LogP contribution in [0.15, 0.2) is 79.3 Å². The van der Waals surface area contributed by atoms with E-state index in [-0.39, 0.29) is 17.4 Å². The number of aromatic nitrogens is 2. The molecule has 0 bridgehead atoms. The summed E-state index contributed by atoms with van der Waals surface area (Å²) in [4.78, 5) is 19.0. The van der Waals surface area contributed by atoms with Gasteiger partial charge in [0.05, 0.1) is 39.6 Å². The summed E-state index contributed by atoms with van der Waals surface area (Å²) < 4.78 is 15.9. The minimum absolute atomic E-state index is 0.0742. The van der Waals surface area contributed by atoms with Gasteiger partial charge in [-0.15, -0.1) is 0 Å². The number of anilines is 1. The number of benzene rings is 3. The molecule has 44 heavy (non-hydrogen) atoms. The maximum atomic E-state index is 14.6. The van der Waals surface area contributed by atoms with Crippen LogP contribution in [0.5, 0.6) is 0 Å². The van der Waals surface area contributed by atoms with Crippen molar-refractivity contribution in [1.82, 2.24) is 20.0 Å². The van der Waals surface area contributed by atoms with E-state index in [9.17, 15) is 14.4 Å². The Kier molecular flexibility index (Phi) is 11.9. The van der Waals surface area contributed by atoms with Crippen LogP contribution in [0.4, 0.5) is 10.1 Å². The lowest BCUT2D eigenvalue weighted by atomic mass is 9.95. The molecule has 4 rings (SSSR count). The van der Waals surface area contributed by atoms with E-state index in [0.717, 1.165) is 18.4 Å². The summed E-state index contributed by atoms with van der Waals surface area (Å²) in [6, 6.07) is 20.6. The zero-order chi connectivity index (χ0) is 31.6. The lowest BCUT2D eigenvalue weighted by Gasteiger charge is -2.29. The summed E-state index contributed by atoms with van der Waals surface area (Å²) in [6.07, 6.45) is 5.34. The third kappa shape index (κ3) is 8.64. The molecule has 0 fully saturated rings. The first-order chi connectivity index (χ1) is 21.2. The van der Waals surface area contributed by atoms with Crippen molar-refractivity contribution in [2.75, 3.05) is 11.9 Å². The van der Waals surface area contributed by atoms with Gasteiger partial charge in [0, 0.05) is 25.0 Å². The molecule has 1 aromatic heterocycles. The van der Waals surface area contributed by atoms with Gasteiger partial charge in [0.15, 0.2) is 5.11 Å². The van der Waals surface area contributed by atoms with Gasteiger partial charge in [-0.1, -0.05) is 73.8 Å². The van der Waals surface area contributed by atoms with E-state index in [4.69, 9.17) is 35.4 Å². The summed E-state index contributed by atoms with van der Waals surface area (Å²) in [5.41, 5.74) is 6.45. The average molecular weight is 652 g/mol. The number of carbonyl (C=O) groups is 1. The second-order valence-corrected chi connectivity index (χ2v) is 11.7. The van der Waals surface area contributed by atoms with Crippen LogP contribution in [0.25, 0.3) is 0 Å². The number of nitrogens with one attached hydrogen (secondary N) is 2. The van der Waals surface area contributed by atoms with Crippen molar-refractivity contribution in [3.8, 4) is 6.07 Å². The highest BCUT2D eigenvalue weighted by atomic mass is 35.5. The molecule has 0 aliphatic heterocycles. The number of amides is 1. The molecule has 0 radical (unpaired) electrons. The number of hydrogen-bond donors (Lipinski definition) is 2. The van der Waals surface area contributed by atoms with E-state index in [1.165, 1.54) is 17.1 Å². The Hall–Kier alpha value is -3.81. The molecule has 0 spiro atoms. The van der Waals surface area contributed by atoms with Crippen molar-refractivity contribution in [3.63, 3.8) is 0 Å². The van der Waals surface area contributed by atoms with Gasteiger partial charge in [-0.2, -0.15) is 5.26 Å². The van der Waals surface area contributed by atoms with Gasteiger partial charge in [0.2, 0.25) is 0 Å². The molecule has 0 aliphatic carbocycles. The summed E-state index contributed by atoms with van der Waals surface area (Å²) in [5, 5.41) is 14.3. The highest BCUT2D eigenvalue weighted by molar-refractivity contribution is 7.80. The number of imidazole rings is 1. The normalized spacial score (nSPS) is 12.3. The van der Waals surface area contributed by atoms with Gasteiger partial charge in [0.25, 0.3) is 5.91 Å². The van der Waals surface area contributed by atoms with Crippen molar-refractivity contribution in [3.05, 3.63) is 118 Å². The highest BCUT2D eigenvalue weighted by Crippen LogP contribution is 2.31. The van der Waals surface area contributed by atoms with Crippen LogP contribution in [-0.2, 0) is 17.8 Å². The van der Waals surface area contributed by atoms with E-state index in [1.54, 1.807) is 48.9 Å². The zero-order valence-corrected chi connectivity index (χ0v) is 26.8. The lowest BCUT2D eigenvalue weighted by Crippen LogP contribution is -2.51. The highest BCUT2D eigenvalue weighted by Gasteiger charge is 2.32. The summed E-state index contributed by atoms with van der Waals surface area (Å²) >= 11 is 18.7. The van der Waals surface area contributed by atoms with Crippen LogP contribution < -0.4 is 10.7 Å². The minimum Gasteiger partial charge on any atom is -0.331 e. The molecule has 0 saturated heterocycles. The Morgan fingerprint density at radius 3 is 2.61 bits per heavy atom. The first kappa shape index (κ1) is 33.1. The van der Waals surface area contributed by atoms with Crippen LogP contribution in [0, 0.1) is 23.1 Å². The molecule has 2 atom stereocenters. The van der Waals surface area contributed by atoms with E-state index in [2.05, 4.69) is 35.6 Å². The SMILES string of the molecule is CC[C@H](C)CCNN(C(=O)C(Cc1cccc(Cl)c1Cl)c1cncn1Cc1ccc(C#N)cc1)C(=S)Nc1cccc(F)c1. The van der Waals surface area contributed by atoms with Gasteiger partial charge < -0.3 is 9.88 Å². The van der Waals surface area contributed by atoms with Crippen LogP contribution in [-0.4, -0.2) is 32.1 Å². The smallest absolute Gasteiger partial charge is 0.252 e. The fourth-order valence-electron chi connectivity index (χ4n) is 4.66. The second-order valence-electron chi connectivity index (χ2n) is 10.5. The van der Waals surface area contributed by atoms with Crippen LogP contribution in [0.2, 0.25) is 10.0 Å². The Balaban J connectivity index is 1.72. The van der Waals surface area contributed by atoms with Gasteiger partial charge >= 0.3 is 0 Å². The fourth-order valence-corrected chi connectivity index (χ4v) is 5.33. The van der Waals surface area contributed by atoms with Crippen molar-refractivity contribution in [1.29, 1.82) is 5.26 Å². The van der Waals surface area contributed by atoms with E-state index >= 15 is 0 Å². The minimum atomic E-state index is -0.782. The summed E-state index contributed by atoms with van der Waals surface area (Å²) in [7, 11) is 0. The molecule has 4 aromatic rings. The van der Waals surface area contributed by atoms with Crippen molar-refractivity contribution in [2.45, 2.75) is 45.6 Å². The summed E-state index contributed by atoms with van der Waals surface area (Å²) in [6.45, 7) is 5.16. The van der Waals surface area contributed by atoms with Gasteiger partial charge in [-0.3, -0.25) is 4.79 Å². The third-order valence-electron chi connectivity index (χ3n) is 7.39. The van der Waals surface area contributed by atoms with Crippen LogP contribution in [0.1, 0.15) is 55.0 Å². The number of rotatable bonds is 12. The number of nitrogens with zero attached hydrogens (tertiary/aromatic N) is 4. The van der Waals surface area contributed by atoms with Gasteiger partial charge in [-0.25, -0.2) is 19.8 Å². The van der Waals surface area contributed by atoms with E-state index < -0.39 is 11.7 Å². The maximum Gasteiger partial charge on any atom is 0.252 e. The van der Waals surface area contributed by atoms with Gasteiger partial charge in [0.1, 0.15) is 5.82 Å². The molecular formula is C33H33Cl2FN6OS. The number of carbonyl (C=O) groups excluding carboxylic acids is 1. The number of halogens is 3. The molecule has 0 aliphatic rings. The average Bonchev–Trinajstić information content (AvgIpc) is 3.47. The summed E-state index contributed by atoms with van der Waals surface area (Å²) in [5.74, 6) is -1.13. The van der Waals surface area contributed by atoms with Crippen molar-refractivity contribution >= 4 is 52.1 Å². The van der Waals surface area contributed by atoms with Crippen molar-refractivity contribution in [2.24, 2.45) is 5.92 Å². The molecule has 1 unspecified atom stereocenters. The quantitative estimate of drug-likeness (QED) is 0.120. The maximum absolute atomic E-state index is 14.6. The largest absolute Gasteiger partial charge is 0.331 e. The first-order valence-corrected chi connectivity index (χ1v) is 15.4. The topological polar surface area (TPSA) is 86.0 Å². The Bertz CT molecular complexity index is 1640. The van der Waals surface area contributed by atoms with Gasteiger partial charge in [-0.05, 0) is 78.5 Å². The van der Waals surface area contributed by atoms with Crippen molar-refractivity contribution < 1.29 is 9.18 Å². The molecule has 11 heteroatoms. The number of thiocarbonyl (C=S) groups is 1.